The number of hydrogen-bond acceptors (Lipinski definition) is 2. The second-order valence-electron chi connectivity index (χ2n) is 2.56. The van der Waals surface area contributed by atoms with Crippen molar-refractivity contribution < 1.29 is 4.76 Å². The van der Waals surface area contributed by atoms with Gasteiger partial charge in [-0.15, -0.1) is 0 Å². The summed E-state index contributed by atoms with van der Waals surface area (Å²) in [6.45, 7) is 4.27. The lowest BCUT2D eigenvalue weighted by Crippen LogP contribution is -2.50. The van der Waals surface area contributed by atoms with Gasteiger partial charge in [-0.2, -0.15) is 5.43 Å². The van der Waals surface area contributed by atoms with E-state index in [1.165, 1.54) is 0 Å². The molecule has 0 aromatic carbocycles. The average Bonchev–Trinajstić information content (AvgIpc) is 2.16. The molecule has 0 bridgehead atoms. The Morgan fingerprint density at radius 2 is 2.00 bits per heavy atom. The van der Waals surface area contributed by atoms with Crippen LogP contribution in [0.3, 0.4) is 0 Å². The predicted octanol–water partition coefficient (Wildman–Crippen LogP) is 0.619. The van der Waals surface area contributed by atoms with Crippen molar-refractivity contribution in [2.75, 3.05) is 19.6 Å². The first kappa shape index (κ1) is 6.99. The summed E-state index contributed by atoms with van der Waals surface area (Å²) in [6, 6.07) is 0. The molecule has 54 valence electrons. The van der Waals surface area contributed by atoms with Crippen LogP contribution in [0.5, 0.6) is 0 Å². The minimum absolute atomic E-state index is 0.156. The van der Waals surface area contributed by atoms with Gasteiger partial charge in [-0.25, -0.2) is 0 Å². The topological polar surface area (TPSA) is 35.1 Å². The molecule has 1 saturated heterocycles. The van der Waals surface area contributed by atoms with Crippen LogP contribution in [0.2, 0.25) is 0 Å². The van der Waals surface area contributed by atoms with Gasteiger partial charge >= 0.3 is 0 Å². The Bertz CT molecular complexity index is 89.1. The first-order valence-electron chi connectivity index (χ1n) is 3.60. The minimum atomic E-state index is -0.156. The fourth-order valence-corrected chi connectivity index (χ4v) is 1.29. The van der Waals surface area contributed by atoms with Crippen molar-refractivity contribution in [3.8, 4) is 0 Å². The average molecular weight is 130 g/mol. The highest BCUT2D eigenvalue weighted by atomic mass is 16.6. The van der Waals surface area contributed by atoms with Gasteiger partial charge in [0, 0.05) is 19.4 Å². The molecule has 3 nitrogen and oxygen atoms in total. The maximum atomic E-state index is 11.3. The van der Waals surface area contributed by atoms with Crippen LogP contribution in [0.25, 0.3) is 0 Å². The molecule has 9 heavy (non-hydrogen) atoms. The van der Waals surface area contributed by atoms with Crippen LogP contribution in [0.15, 0.2) is 0 Å². The molecule has 1 aliphatic heterocycles. The number of nitrogens with zero attached hydrogens (tertiary/aromatic N) is 1. The summed E-state index contributed by atoms with van der Waals surface area (Å²) in [6.07, 6.45) is 2.16. The highest BCUT2D eigenvalue weighted by Crippen LogP contribution is 2.12. The van der Waals surface area contributed by atoms with Gasteiger partial charge in [-0.05, 0) is 6.92 Å². The summed E-state index contributed by atoms with van der Waals surface area (Å²) in [5, 5.41) is 11.3. The van der Waals surface area contributed by atoms with Gasteiger partial charge < -0.3 is 5.21 Å². The molecule has 1 rings (SSSR count). The third-order valence-corrected chi connectivity index (χ3v) is 1.73. The van der Waals surface area contributed by atoms with E-state index in [1.807, 2.05) is 6.92 Å². The van der Waals surface area contributed by atoms with Crippen LogP contribution in [-0.2, 0) is 0 Å². The third kappa shape index (κ3) is 1.64. The molecule has 0 amide bonds. The number of rotatable bonds is 2. The Balaban J connectivity index is 2.32. The Kier molecular flexibility index (Phi) is 2.05. The van der Waals surface area contributed by atoms with Crippen LogP contribution >= 0.6 is 0 Å². The molecule has 1 aliphatic rings. The second kappa shape index (κ2) is 2.64. The highest BCUT2D eigenvalue weighted by Gasteiger charge is 2.21. The predicted molar refractivity (Wildman–Crippen MR) is 36.3 cm³/mol. The van der Waals surface area contributed by atoms with Crippen LogP contribution in [0.4, 0.5) is 0 Å². The fourth-order valence-electron chi connectivity index (χ4n) is 1.29. The Labute approximate surface area is 55.8 Å². The van der Waals surface area contributed by atoms with Crippen LogP contribution in [0.1, 0.15) is 19.8 Å². The zero-order chi connectivity index (χ0) is 6.74. The fraction of sp³-hybridized carbons (Fsp3) is 1.00. The first-order chi connectivity index (χ1) is 4.27. The molecule has 0 radical (unpaired) electrons. The van der Waals surface area contributed by atoms with Crippen molar-refractivity contribution in [1.29, 1.82) is 0 Å². The number of nitrogens with one attached hydrogen (secondary N) is 1. The summed E-state index contributed by atoms with van der Waals surface area (Å²) >= 11 is 0. The van der Waals surface area contributed by atoms with Gasteiger partial charge in [0.05, 0.1) is 13.1 Å². The summed E-state index contributed by atoms with van der Waals surface area (Å²) in [5.74, 6) is 0. The van der Waals surface area contributed by atoms with E-state index in [4.69, 9.17) is 0 Å². The molecule has 3 heteroatoms. The van der Waals surface area contributed by atoms with Crippen molar-refractivity contribution in [3.63, 3.8) is 0 Å². The normalized spacial score (nSPS) is 24.7. The molecule has 0 aromatic heterocycles. The molecule has 0 spiro atoms. The first-order valence-corrected chi connectivity index (χ1v) is 3.60. The molecule has 0 unspecified atom stereocenters. The summed E-state index contributed by atoms with van der Waals surface area (Å²) in [5.41, 5.74) is 2.90. The highest BCUT2D eigenvalue weighted by molar-refractivity contribution is 4.50. The van der Waals surface area contributed by atoms with E-state index in [1.54, 1.807) is 0 Å². The number of quaternary nitrogens is 1. The molecule has 1 fully saturated rings. The largest absolute Gasteiger partial charge is 0.612 e. The van der Waals surface area contributed by atoms with Crippen molar-refractivity contribution in [2.24, 2.45) is 0 Å². The molecule has 0 saturated carbocycles. The van der Waals surface area contributed by atoms with Gasteiger partial charge in [-0.1, -0.05) is 0 Å². The summed E-state index contributed by atoms with van der Waals surface area (Å²) < 4.78 is -0.156. The lowest BCUT2D eigenvalue weighted by molar-refractivity contribution is -0.912. The summed E-state index contributed by atoms with van der Waals surface area (Å²) in [7, 11) is 0. The van der Waals surface area contributed by atoms with Gasteiger partial charge in [0.1, 0.15) is 0 Å². The molecular formula is C6H14N2O. The second-order valence-corrected chi connectivity index (χ2v) is 2.56. The molecule has 0 aromatic rings. The lowest BCUT2D eigenvalue weighted by atomic mass is 10.4. The monoisotopic (exact) mass is 130 g/mol. The van der Waals surface area contributed by atoms with Crippen LogP contribution in [0, 0.1) is 5.21 Å². The Hall–Kier alpha value is -0.120. The number of hydroxylamine groups is 2. The maximum Gasteiger partial charge on any atom is 0.0962 e. The quantitative estimate of drug-likeness (QED) is 0.439. The van der Waals surface area contributed by atoms with E-state index in [0.29, 0.717) is 0 Å². The lowest BCUT2D eigenvalue weighted by Gasteiger charge is -2.37. The van der Waals surface area contributed by atoms with E-state index < -0.39 is 0 Å². The van der Waals surface area contributed by atoms with E-state index in [-0.39, 0.29) is 4.76 Å². The zero-order valence-corrected chi connectivity index (χ0v) is 5.89. The van der Waals surface area contributed by atoms with Gasteiger partial charge in [0.15, 0.2) is 0 Å². The SMILES string of the molecule is CCN[N+]1([O-])CCCC1. The maximum absolute atomic E-state index is 11.3. The van der Waals surface area contributed by atoms with Gasteiger partial charge in [-0.3, -0.25) is 4.76 Å². The molecule has 1 heterocycles. The Morgan fingerprint density at radius 1 is 1.44 bits per heavy atom. The van der Waals surface area contributed by atoms with Crippen molar-refractivity contribution in [3.05, 3.63) is 5.21 Å². The standard InChI is InChI=1S/C6H14N2O/c1-2-7-8(9)5-3-4-6-8/h7H,2-6H2,1H3. The summed E-state index contributed by atoms with van der Waals surface area (Å²) in [4.78, 5) is 0. The van der Waals surface area contributed by atoms with E-state index in [2.05, 4.69) is 5.43 Å². The van der Waals surface area contributed by atoms with Gasteiger partial charge in [0.25, 0.3) is 0 Å². The molecule has 1 N–H and O–H groups in total. The zero-order valence-electron chi connectivity index (χ0n) is 5.89. The number of hydrogen-bond donors (Lipinski definition) is 1. The van der Waals surface area contributed by atoms with E-state index in [0.717, 1.165) is 32.5 Å². The molecule has 0 atom stereocenters. The van der Waals surface area contributed by atoms with E-state index in [9.17, 15) is 5.21 Å². The molecule has 0 aliphatic carbocycles. The third-order valence-electron chi connectivity index (χ3n) is 1.73. The van der Waals surface area contributed by atoms with Crippen molar-refractivity contribution in [2.45, 2.75) is 19.8 Å². The van der Waals surface area contributed by atoms with Crippen molar-refractivity contribution >= 4 is 0 Å². The molecular weight excluding hydrogens is 116 g/mol. The van der Waals surface area contributed by atoms with Crippen LogP contribution in [-0.4, -0.2) is 24.4 Å². The smallest absolute Gasteiger partial charge is 0.0962 e. The van der Waals surface area contributed by atoms with Gasteiger partial charge in [0.2, 0.25) is 0 Å². The Morgan fingerprint density at radius 3 is 2.44 bits per heavy atom. The van der Waals surface area contributed by atoms with E-state index >= 15 is 0 Å². The van der Waals surface area contributed by atoms with Crippen molar-refractivity contribution in [1.82, 2.24) is 5.43 Å². The minimum Gasteiger partial charge on any atom is -0.612 e. The van der Waals surface area contributed by atoms with Crippen LogP contribution < -0.4 is 5.43 Å².